The number of ether oxygens (including phenoxy) is 3. The second kappa shape index (κ2) is 12.1. The minimum Gasteiger partial charge on any atom is -0.455 e. The van der Waals surface area contributed by atoms with Crippen LogP contribution < -0.4 is 0 Å². The zero-order chi connectivity index (χ0) is 34.0. The number of hydrogen-bond acceptors (Lipinski definition) is 10. The van der Waals surface area contributed by atoms with Gasteiger partial charge in [0.15, 0.2) is 13.9 Å². The van der Waals surface area contributed by atoms with Gasteiger partial charge in [-0.25, -0.2) is 4.79 Å². The summed E-state index contributed by atoms with van der Waals surface area (Å²) >= 11 is 0. The van der Waals surface area contributed by atoms with Gasteiger partial charge in [-0.3, -0.25) is 4.79 Å². The molecule has 0 spiro atoms. The summed E-state index contributed by atoms with van der Waals surface area (Å²) in [6.07, 6.45) is -7.23. The fourth-order valence-electron chi connectivity index (χ4n) is 9.30. The Morgan fingerprint density at radius 1 is 1.02 bits per heavy atom. The van der Waals surface area contributed by atoms with Gasteiger partial charge in [0, 0.05) is 30.6 Å². The molecule has 0 aromatic heterocycles. The number of fused-ring (bicyclic) bond motifs is 5. The summed E-state index contributed by atoms with van der Waals surface area (Å²) in [5, 5.41) is 49.6. The second-order valence-electron chi connectivity index (χ2n) is 14.7. The van der Waals surface area contributed by atoms with Crippen LogP contribution in [0.5, 0.6) is 0 Å². The van der Waals surface area contributed by atoms with Gasteiger partial charge in [0.25, 0.3) is 0 Å². The van der Waals surface area contributed by atoms with Gasteiger partial charge >= 0.3 is 11.9 Å². The molecule has 10 nitrogen and oxygen atoms in total. The first kappa shape index (κ1) is 35.2. The van der Waals surface area contributed by atoms with Crippen LogP contribution in [0.15, 0.2) is 41.5 Å². The van der Waals surface area contributed by atoms with Gasteiger partial charge < -0.3 is 39.1 Å². The van der Waals surface area contributed by atoms with Gasteiger partial charge in [-0.2, -0.15) is 0 Å². The first-order valence-electron chi connectivity index (χ1n) is 16.7. The van der Waals surface area contributed by atoms with Crippen LogP contribution in [-0.4, -0.2) is 95.1 Å². The Kier molecular flexibility index (Phi) is 9.25. The lowest BCUT2D eigenvalue weighted by Gasteiger charge is -2.69. The summed E-state index contributed by atoms with van der Waals surface area (Å²) in [5.74, 6) is -2.51. The summed E-state index contributed by atoms with van der Waals surface area (Å²) in [4.78, 5) is 26.7. The summed E-state index contributed by atoms with van der Waals surface area (Å²) in [7, 11) is -2.29. The molecule has 4 N–H and O–H groups in total. The van der Waals surface area contributed by atoms with Gasteiger partial charge in [0.05, 0.1) is 36.4 Å². The number of aliphatic hydroxyl groups is 4. The first-order valence-corrected chi connectivity index (χ1v) is 19.2. The van der Waals surface area contributed by atoms with Crippen molar-refractivity contribution >= 4 is 20.3 Å². The van der Waals surface area contributed by atoms with Crippen LogP contribution in [0, 0.1) is 16.7 Å². The van der Waals surface area contributed by atoms with Gasteiger partial charge in [-0.1, -0.05) is 59.7 Å². The highest BCUT2D eigenvalue weighted by atomic mass is 28.4. The smallest absolute Gasteiger partial charge is 0.338 e. The predicted molar refractivity (Wildman–Crippen MR) is 172 cm³/mol. The number of carbonyl (C=O) groups is 2. The lowest BCUT2D eigenvalue weighted by molar-refractivity contribution is -0.364. The largest absolute Gasteiger partial charge is 0.455 e. The van der Waals surface area contributed by atoms with Gasteiger partial charge in [-0.15, -0.1) is 0 Å². The van der Waals surface area contributed by atoms with Crippen molar-refractivity contribution in [3.63, 3.8) is 0 Å². The molecule has 3 aliphatic carbocycles. The van der Waals surface area contributed by atoms with Crippen molar-refractivity contribution in [2.24, 2.45) is 16.7 Å². The van der Waals surface area contributed by atoms with E-state index < -0.39 is 84.8 Å². The Hall–Kier alpha value is -2.12. The number of benzene rings is 1. The van der Waals surface area contributed by atoms with E-state index in [-0.39, 0.29) is 25.0 Å². The number of esters is 2. The first-order chi connectivity index (χ1) is 21.5. The summed E-state index contributed by atoms with van der Waals surface area (Å²) in [6.45, 7) is 14.5. The minimum absolute atomic E-state index is 0.00657. The topological polar surface area (TPSA) is 152 Å². The molecule has 1 aromatic rings. The van der Waals surface area contributed by atoms with Crippen LogP contribution >= 0.6 is 0 Å². The fraction of sp³-hybridized carbons (Fsp3) is 0.714. The standard InChI is InChI=1S/C35H52O10Si/c1-9-46(10-2,11-3)45-23-18-35(41)30(43-31(40)22-15-13-12-14-16-22)28-33(8,29(39)27(38)26(20(23)4)32(35,6)7)24(37)17-25-34(28,19-42-25)44-21(5)36/h12-16,23-25,27-30,37-39,41H,9-11,17-19H2,1-8H3/t23-,24-,25+,27-,28-,29-,30-,33+,34-,35+/m0/s1. The molecule has 5 rings (SSSR count). The zero-order valence-corrected chi connectivity index (χ0v) is 29.4. The fourth-order valence-corrected chi connectivity index (χ4v) is 12.2. The highest BCUT2D eigenvalue weighted by molar-refractivity contribution is 6.73. The molecule has 2 bridgehead atoms. The van der Waals surface area contributed by atoms with E-state index in [2.05, 4.69) is 20.8 Å². The maximum Gasteiger partial charge on any atom is 0.338 e. The van der Waals surface area contributed by atoms with Crippen LogP contribution in [0.1, 0.15) is 78.6 Å². The Labute approximate surface area is 273 Å². The number of rotatable bonds is 8. The van der Waals surface area contributed by atoms with Gasteiger partial charge in [-0.05, 0) is 48.3 Å². The van der Waals surface area contributed by atoms with Crippen LogP contribution in [0.2, 0.25) is 18.1 Å². The Balaban J connectivity index is 1.81. The molecule has 0 amide bonds. The van der Waals surface area contributed by atoms with E-state index in [9.17, 15) is 30.0 Å². The molecule has 1 saturated heterocycles. The van der Waals surface area contributed by atoms with Crippen molar-refractivity contribution in [1.29, 1.82) is 0 Å². The Bertz CT molecular complexity index is 1350. The zero-order valence-electron chi connectivity index (χ0n) is 28.4. The molecule has 1 heterocycles. The molecule has 1 aliphatic heterocycles. The van der Waals surface area contributed by atoms with E-state index in [0.29, 0.717) is 11.1 Å². The van der Waals surface area contributed by atoms with E-state index in [1.165, 1.54) is 6.92 Å². The third-order valence-corrected chi connectivity index (χ3v) is 17.1. The molecular formula is C35H52O10Si. The van der Waals surface area contributed by atoms with Crippen molar-refractivity contribution in [2.45, 2.75) is 134 Å². The molecule has 2 saturated carbocycles. The lowest BCUT2D eigenvalue weighted by Crippen LogP contribution is -2.82. The normalized spacial score (nSPS) is 40.0. The Morgan fingerprint density at radius 3 is 2.15 bits per heavy atom. The average molecular weight is 661 g/mol. The third kappa shape index (κ3) is 4.95. The highest BCUT2D eigenvalue weighted by Crippen LogP contribution is 2.65. The van der Waals surface area contributed by atoms with Crippen molar-refractivity contribution in [2.75, 3.05) is 6.61 Å². The maximum absolute atomic E-state index is 14.0. The van der Waals surface area contributed by atoms with E-state index in [4.69, 9.17) is 18.6 Å². The molecular weight excluding hydrogens is 608 g/mol. The van der Waals surface area contributed by atoms with Crippen LogP contribution in [0.3, 0.4) is 0 Å². The van der Waals surface area contributed by atoms with Crippen molar-refractivity contribution in [3.8, 4) is 0 Å². The molecule has 1 aromatic carbocycles. The molecule has 46 heavy (non-hydrogen) atoms. The van der Waals surface area contributed by atoms with Crippen LogP contribution in [0.4, 0.5) is 0 Å². The van der Waals surface area contributed by atoms with Crippen molar-refractivity contribution in [1.82, 2.24) is 0 Å². The summed E-state index contributed by atoms with van der Waals surface area (Å²) in [6, 6.07) is 10.9. The Morgan fingerprint density at radius 2 is 1.63 bits per heavy atom. The number of hydrogen-bond donors (Lipinski definition) is 4. The monoisotopic (exact) mass is 660 g/mol. The minimum atomic E-state index is -2.29. The summed E-state index contributed by atoms with van der Waals surface area (Å²) in [5.41, 5.74) is -4.90. The van der Waals surface area contributed by atoms with Crippen LogP contribution in [0.25, 0.3) is 0 Å². The quantitative estimate of drug-likeness (QED) is 0.184. The van der Waals surface area contributed by atoms with E-state index >= 15 is 0 Å². The second-order valence-corrected chi connectivity index (χ2v) is 19.4. The average Bonchev–Trinajstić information content (AvgIpc) is 3.01. The lowest BCUT2D eigenvalue weighted by atomic mass is 9.44. The molecule has 3 fully saturated rings. The van der Waals surface area contributed by atoms with Crippen molar-refractivity contribution in [3.05, 3.63) is 47.0 Å². The highest BCUT2D eigenvalue weighted by Gasteiger charge is 2.77. The predicted octanol–water partition coefficient (Wildman–Crippen LogP) is 3.90. The number of aliphatic hydroxyl groups excluding tert-OH is 3. The molecule has 0 radical (unpaired) electrons. The third-order valence-electron chi connectivity index (χ3n) is 12.5. The van der Waals surface area contributed by atoms with E-state index in [1.807, 2.05) is 6.92 Å². The SMILES string of the molecule is CC[Si](CC)(CC)O[C@H]1C[C@@]2(O)[C@@H](OC(=O)c3ccccc3)[C@@H]3[C@]4(OC(C)=O)CO[C@@H]4C[C@H](O)[C@@]3(C)[C@@H](O)[C@@H](O)C(=C1C)C2(C)C. The van der Waals surface area contributed by atoms with Gasteiger partial charge in [0.2, 0.25) is 0 Å². The van der Waals surface area contributed by atoms with E-state index in [1.54, 1.807) is 51.1 Å². The molecule has 11 heteroatoms. The molecule has 256 valence electrons. The molecule has 0 unspecified atom stereocenters. The van der Waals surface area contributed by atoms with E-state index in [0.717, 1.165) is 18.1 Å². The van der Waals surface area contributed by atoms with Crippen molar-refractivity contribution < 1.29 is 48.7 Å². The van der Waals surface area contributed by atoms with Crippen LogP contribution in [-0.2, 0) is 23.4 Å². The maximum atomic E-state index is 14.0. The molecule has 10 atom stereocenters. The molecule has 4 aliphatic rings. The number of carbonyl (C=O) groups excluding carboxylic acids is 2. The van der Waals surface area contributed by atoms with Gasteiger partial charge in [0.1, 0.15) is 23.9 Å². The summed E-state index contributed by atoms with van der Waals surface area (Å²) < 4.78 is 25.4.